The molecule has 0 aromatic carbocycles. The Morgan fingerprint density at radius 3 is 2.80 bits per heavy atom. The van der Waals surface area contributed by atoms with E-state index in [0.29, 0.717) is 6.42 Å². The smallest absolute Gasteiger partial charge is 0.0988 e. The third-order valence-electron chi connectivity index (χ3n) is 2.41. The van der Waals surface area contributed by atoms with E-state index in [9.17, 15) is 4.39 Å². The average Bonchev–Trinajstić information content (AvgIpc) is 1.95. The second-order valence-electron chi connectivity index (χ2n) is 3.20. The highest BCUT2D eigenvalue weighted by atomic mass is 19.1. The van der Waals surface area contributed by atoms with Crippen LogP contribution in [0.3, 0.4) is 0 Å². The van der Waals surface area contributed by atoms with E-state index in [-0.39, 0.29) is 5.83 Å². The number of hydrogen-bond donors (Lipinski definition) is 0. The van der Waals surface area contributed by atoms with Crippen LogP contribution in [0, 0.1) is 5.92 Å². The zero-order valence-electron chi connectivity index (χ0n) is 6.78. The van der Waals surface area contributed by atoms with Crippen molar-refractivity contribution in [1.82, 2.24) is 0 Å². The Balaban J connectivity index is 2.54. The molecule has 0 fully saturated rings. The molecule has 0 unspecified atom stereocenters. The number of hydrogen-bond acceptors (Lipinski definition) is 0. The molecule has 0 amide bonds. The van der Waals surface area contributed by atoms with E-state index in [4.69, 9.17) is 0 Å². The molecule has 1 heteroatoms. The molecule has 1 rings (SSSR count). The van der Waals surface area contributed by atoms with Gasteiger partial charge in [-0.1, -0.05) is 13.3 Å². The summed E-state index contributed by atoms with van der Waals surface area (Å²) >= 11 is 0. The van der Waals surface area contributed by atoms with E-state index < -0.39 is 0 Å². The first-order valence-corrected chi connectivity index (χ1v) is 4.08. The number of allylic oxidation sites excluding steroid dienone is 2. The van der Waals surface area contributed by atoms with E-state index in [1.54, 1.807) is 0 Å². The Morgan fingerprint density at radius 2 is 2.30 bits per heavy atom. The zero-order valence-corrected chi connectivity index (χ0v) is 6.78. The molecule has 10 heavy (non-hydrogen) atoms. The molecular weight excluding hydrogens is 127 g/mol. The molecule has 1 aliphatic rings. The normalized spacial score (nSPS) is 27.3. The first-order chi connectivity index (χ1) is 4.74. The minimum atomic E-state index is 0.143. The highest BCUT2D eigenvalue weighted by Crippen LogP contribution is 2.31. The lowest BCUT2D eigenvalue weighted by Crippen LogP contribution is -2.06. The lowest BCUT2D eigenvalue weighted by molar-refractivity contribution is 0.398. The summed E-state index contributed by atoms with van der Waals surface area (Å²) in [7, 11) is 0. The van der Waals surface area contributed by atoms with Crippen molar-refractivity contribution in [3.8, 4) is 0 Å². The van der Waals surface area contributed by atoms with Crippen molar-refractivity contribution in [2.45, 2.75) is 39.5 Å². The van der Waals surface area contributed by atoms with Crippen LogP contribution in [-0.4, -0.2) is 0 Å². The summed E-state index contributed by atoms with van der Waals surface area (Å²) in [6.07, 6.45) is 3.93. The highest BCUT2D eigenvalue weighted by molar-refractivity contribution is 5.09. The van der Waals surface area contributed by atoms with Crippen LogP contribution in [0.25, 0.3) is 0 Å². The van der Waals surface area contributed by atoms with Gasteiger partial charge in [0.05, 0.1) is 5.83 Å². The van der Waals surface area contributed by atoms with Crippen molar-refractivity contribution in [3.63, 3.8) is 0 Å². The van der Waals surface area contributed by atoms with Crippen LogP contribution in [-0.2, 0) is 0 Å². The minimum absolute atomic E-state index is 0.143. The molecule has 0 saturated carbocycles. The summed E-state index contributed by atoms with van der Waals surface area (Å²) in [5.41, 5.74) is 0.984. The van der Waals surface area contributed by atoms with Crippen molar-refractivity contribution >= 4 is 0 Å². The van der Waals surface area contributed by atoms with E-state index in [1.165, 1.54) is 6.42 Å². The van der Waals surface area contributed by atoms with Gasteiger partial charge in [0.25, 0.3) is 0 Å². The zero-order chi connectivity index (χ0) is 7.56. The Morgan fingerprint density at radius 1 is 1.60 bits per heavy atom. The molecule has 0 aromatic rings. The summed E-state index contributed by atoms with van der Waals surface area (Å²) in [5.74, 6) is 0.893. The molecule has 0 nitrogen and oxygen atoms in total. The van der Waals surface area contributed by atoms with Crippen LogP contribution in [0.5, 0.6) is 0 Å². The molecule has 0 heterocycles. The van der Waals surface area contributed by atoms with Gasteiger partial charge in [-0.15, -0.1) is 0 Å². The molecule has 0 spiro atoms. The molecule has 0 aliphatic heterocycles. The second kappa shape index (κ2) is 3.18. The Kier molecular flexibility index (Phi) is 2.47. The summed E-state index contributed by atoms with van der Waals surface area (Å²) in [6, 6.07) is 0. The Labute approximate surface area is 62.1 Å². The first kappa shape index (κ1) is 7.77. The van der Waals surface area contributed by atoms with Gasteiger partial charge in [-0.3, -0.25) is 0 Å². The van der Waals surface area contributed by atoms with Gasteiger partial charge in [-0.25, -0.2) is 4.39 Å². The summed E-state index contributed by atoms with van der Waals surface area (Å²) in [6.45, 7) is 4.10. The monoisotopic (exact) mass is 142 g/mol. The van der Waals surface area contributed by atoms with Crippen LogP contribution in [0.4, 0.5) is 4.39 Å². The summed E-state index contributed by atoms with van der Waals surface area (Å²) in [5, 5.41) is 0. The molecule has 1 atom stereocenters. The molecule has 1 aliphatic carbocycles. The average molecular weight is 142 g/mol. The number of rotatable bonds is 1. The van der Waals surface area contributed by atoms with Crippen molar-refractivity contribution in [2.75, 3.05) is 0 Å². The van der Waals surface area contributed by atoms with Crippen molar-refractivity contribution in [1.29, 1.82) is 0 Å². The van der Waals surface area contributed by atoms with Gasteiger partial charge in [0, 0.05) is 0 Å². The number of halogens is 1. The standard InChI is InChI=1S/C9H15F/c1-3-8-4-5-9(10)7(2)6-8/h8H,3-6H2,1-2H3/t8-/m0/s1. The Hall–Kier alpha value is -0.330. The molecule has 0 radical (unpaired) electrons. The van der Waals surface area contributed by atoms with Gasteiger partial charge in [-0.2, -0.15) is 0 Å². The van der Waals surface area contributed by atoms with E-state index in [0.717, 1.165) is 24.3 Å². The molecule has 0 saturated heterocycles. The predicted molar refractivity (Wildman–Crippen MR) is 41.4 cm³/mol. The lowest BCUT2D eigenvalue weighted by atomic mass is 9.87. The topological polar surface area (TPSA) is 0 Å². The fourth-order valence-electron chi connectivity index (χ4n) is 1.54. The maximum atomic E-state index is 12.8. The maximum Gasteiger partial charge on any atom is 0.0988 e. The van der Waals surface area contributed by atoms with Crippen LogP contribution in [0.15, 0.2) is 11.4 Å². The highest BCUT2D eigenvalue weighted by Gasteiger charge is 2.16. The van der Waals surface area contributed by atoms with Gasteiger partial charge in [0.1, 0.15) is 0 Å². The van der Waals surface area contributed by atoms with Gasteiger partial charge in [-0.05, 0) is 37.7 Å². The van der Waals surface area contributed by atoms with E-state index in [2.05, 4.69) is 6.92 Å². The van der Waals surface area contributed by atoms with Gasteiger partial charge in [0.15, 0.2) is 0 Å². The summed E-state index contributed by atoms with van der Waals surface area (Å²) in [4.78, 5) is 0. The second-order valence-corrected chi connectivity index (χ2v) is 3.20. The van der Waals surface area contributed by atoms with E-state index in [1.807, 2.05) is 6.92 Å². The third kappa shape index (κ3) is 1.59. The van der Waals surface area contributed by atoms with Gasteiger partial charge in [0.2, 0.25) is 0 Å². The van der Waals surface area contributed by atoms with Gasteiger partial charge >= 0.3 is 0 Å². The molecule has 0 N–H and O–H groups in total. The predicted octanol–water partition coefficient (Wildman–Crippen LogP) is 3.44. The summed E-state index contributed by atoms with van der Waals surface area (Å²) < 4.78 is 12.8. The largest absolute Gasteiger partial charge is 0.212 e. The quantitative estimate of drug-likeness (QED) is 0.526. The SMILES string of the molecule is CC[C@H]1CCC(F)=C(C)C1. The minimum Gasteiger partial charge on any atom is -0.212 e. The molecule has 0 bridgehead atoms. The molecule has 0 aromatic heterocycles. The molecular formula is C9H15F. The maximum absolute atomic E-state index is 12.8. The first-order valence-electron chi connectivity index (χ1n) is 4.08. The Bertz CT molecular complexity index is 147. The fraction of sp³-hybridized carbons (Fsp3) is 0.778. The van der Waals surface area contributed by atoms with Crippen molar-refractivity contribution < 1.29 is 4.39 Å². The van der Waals surface area contributed by atoms with Crippen LogP contribution in [0.2, 0.25) is 0 Å². The fourth-order valence-corrected chi connectivity index (χ4v) is 1.54. The van der Waals surface area contributed by atoms with Crippen LogP contribution in [0.1, 0.15) is 39.5 Å². The van der Waals surface area contributed by atoms with Crippen LogP contribution < -0.4 is 0 Å². The van der Waals surface area contributed by atoms with Crippen LogP contribution >= 0.6 is 0 Å². The van der Waals surface area contributed by atoms with Crippen molar-refractivity contribution in [2.24, 2.45) is 5.92 Å². The van der Waals surface area contributed by atoms with Gasteiger partial charge < -0.3 is 0 Å². The third-order valence-corrected chi connectivity index (χ3v) is 2.41. The van der Waals surface area contributed by atoms with E-state index >= 15 is 0 Å². The molecule has 58 valence electrons. The van der Waals surface area contributed by atoms with Crippen molar-refractivity contribution in [3.05, 3.63) is 11.4 Å². The lowest BCUT2D eigenvalue weighted by Gasteiger charge is -2.20.